The molecule has 0 aromatic rings. The third-order valence-corrected chi connectivity index (χ3v) is 8.65. The first-order valence-electron chi connectivity index (χ1n) is 9.40. The zero-order valence-corrected chi connectivity index (χ0v) is 14.4. The fraction of sp³-hybridized carbons (Fsp3) is 0.900. The summed E-state index contributed by atoms with van der Waals surface area (Å²) < 4.78 is 0. The molecule has 0 aliphatic heterocycles. The summed E-state index contributed by atoms with van der Waals surface area (Å²) in [5.41, 5.74) is 1.51. The van der Waals surface area contributed by atoms with Crippen molar-refractivity contribution in [3.05, 3.63) is 11.6 Å². The lowest BCUT2D eigenvalue weighted by atomic mass is 9.46. The van der Waals surface area contributed by atoms with Gasteiger partial charge in [0.05, 0.1) is 11.7 Å². The molecule has 4 aliphatic carbocycles. The molecule has 124 valence electrons. The van der Waals surface area contributed by atoms with Crippen LogP contribution in [-0.4, -0.2) is 21.9 Å². The van der Waals surface area contributed by atoms with Gasteiger partial charge in [-0.3, -0.25) is 0 Å². The molecule has 0 heterocycles. The van der Waals surface area contributed by atoms with E-state index in [-0.39, 0.29) is 11.5 Å². The van der Waals surface area contributed by atoms with Crippen molar-refractivity contribution in [1.29, 1.82) is 0 Å². The summed E-state index contributed by atoms with van der Waals surface area (Å²) in [5.74, 6) is 2.25. The molecule has 0 spiro atoms. The standard InChI is InChI=1S/C20H32O2/c1-18-9-6-14(21)12-13(18)4-5-15-16(18)7-10-19(2)17(15)8-11-20(19,3)22/h12,14-17,21-22H,4-11H2,1-3H3/t14-,15+,16-,17-,18-,19-,20+/m0/s1. The van der Waals surface area contributed by atoms with E-state index in [1.807, 2.05) is 0 Å². The highest BCUT2D eigenvalue weighted by atomic mass is 16.3. The maximum absolute atomic E-state index is 10.9. The molecule has 4 rings (SSSR count). The Kier molecular flexibility index (Phi) is 3.18. The largest absolute Gasteiger partial charge is 0.390 e. The zero-order chi connectivity index (χ0) is 15.8. The van der Waals surface area contributed by atoms with Crippen molar-refractivity contribution in [2.24, 2.45) is 28.6 Å². The Balaban J connectivity index is 1.68. The maximum Gasteiger partial charge on any atom is 0.0724 e. The third kappa shape index (κ3) is 1.80. The van der Waals surface area contributed by atoms with Crippen LogP contribution in [0.2, 0.25) is 0 Å². The van der Waals surface area contributed by atoms with E-state index in [2.05, 4.69) is 26.8 Å². The Morgan fingerprint density at radius 1 is 0.955 bits per heavy atom. The van der Waals surface area contributed by atoms with Crippen LogP contribution in [0.5, 0.6) is 0 Å². The van der Waals surface area contributed by atoms with Gasteiger partial charge in [0.2, 0.25) is 0 Å². The Bertz CT molecular complexity index is 508. The number of aliphatic hydroxyl groups is 2. The van der Waals surface area contributed by atoms with Gasteiger partial charge in [0.25, 0.3) is 0 Å². The second-order valence-corrected chi connectivity index (χ2v) is 9.40. The van der Waals surface area contributed by atoms with Crippen molar-refractivity contribution in [2.75, 3.05) is 0 Å². The molecule has 0 bridgehead atoms. The van der Waals surface area contributed by atoms with Crippen LogP contribution >= 0.6 is 0 Å². The van der Waals surface area contributed by atoms with Crippen molar-refractivity contribution in [2.45, 2.75) is 83.8 Å². The fourth-order valence-electron chi connectivity index (χ4n) is 6.95. The number of fused-ring (bicyclic) bond motifs is 5. The van der Waals surface area contributed by atoms with Gasteiger partial charge < -0.3 is 10.2 Å². The molecule has 0 aromatic carbocycles. The summed E-state index contributed by atoms with van der Waals surface area (Å²) in [4.78, 5) is 0. The minimum absolute atomic E-state index is 0.125. The molecule has 2 heteroatoms. The van der Waals surface area contributed by atoms with Gasteiger partial charge in [0.1, 0.15) is 0 Å². The number of allylic oxidation sites excluding steroid dienone is 1. The van der Waals surface area contributed by atoms with E-state index < -0.39 is 5.60 Å². The molecule has 7 atom stereocenters. The zero-order valence-electron chi connectivity index (χ0n) is 14.4. The van der Waals surface area contributed by atoms with Gasteiger partial charge in [0, 0.05) is 0 Å². The van der Waals surface area contributed by atoms with E-state index in [1.165, 1.54) is 32.1 Å². The number of hydrogen-bond acceptors (Lipinski definition) is 2. The predicted octanol–water partition coefficient (Wildman–Crippen LogP) is 4.06. The van der Waals surface area contributed by atoms with Crippen LogP contribution in [0.3, 0.4) is 0 Å². The molecular weight excluding hydrogens is 272 g/mol. The van der Waals surface area contributed by atoms with Gasteiger partial charge in [0.15, 0.2) is 0 Å². The van der Waals surface area contributed by atoms with Gasteiger partial charge >= 0.3 is 0 Å². The van der Waals surface area contributed by atoms with Gasteiger partial charge in [-0.1, -0.05) is 25.5 Å². The van der Waals surface area contributed by atoms with E-state index in [0.29, 0.717) is 11.3 Å². The van der Waals surface area contributed by atoms with Gasteiger partial charge in [-0.2, -0.15) is 0 Å². The highest BCUT2D eigenvalue weighted by Gasteiger charge is 2.62. The first-order chi connectivity index (χ1) is 10.3. The second kappa shape index (κ2) is 4.60. The second-order valence-electron chi connectivity index (χ2n) is 9.40. The lowest BCUT2D eigenvalue weighted by Gasteiger charge is -2.59. The monoisotopic (exact) mass is 304 g/mol. The summed E-state index contributed by atoms with van der Waals surface area (Å²) in [7, 11) is 0. The highest BCUT2D eigenvalue weighted by Crippen LogP contribution is 2.67. The van der Waals surface area contributed by atoms with Gasteiger partial charge in [-0.15, -0.1) is 0 Å². The van der Waals surface area contributed by atoms with Crippen molar-refractivity contribution in [3.63, 3.8) is 0 Å². The normalized spacial score (nSPS) is 57.6. The summed E-state index contributed by atoms with van der Waals surface area (Å²) >= 11 is 0. The first kappa shape index (κ1) is 15.2. The third-order valence-electron chi connectivity index (χ3n) is 8.65. The maximum atomic E-state index is 10.9. The van der Waals surface area contributed by atoms with Gasteiger partial charge in [-0.05, 0) is 86.9 Å². The fourth-order valence-corrected chi connectivity index (χ4v) is 6.95. The van der Waals surface area contributed by atoms with Crippen LogP contribution in [0.1, 0.15) is 72.1 Å². The molecule has 3 fully saturated rings. The molecule has 2 nitrogen and oxygen atoms in total. The van der Waals surface area contributed by atoms with Crippen molar-refractivity contribution in [3.8, 4) is 0 Å². The van der Waals surface area contributed by atoms with E-state index in [0.717, 1.165) is 31.1 Å². The van der Waals surface area contributed by atoms with Gasteiger partial charge in [-0.25, -0.2) is 0 Å². The topological polar surface area (TPSA) is 40.5 Å². The molecule has 0 aromatic heterocycles. The molecule has 0 saturated heterocycles. The smallest absolute Gasteiger partial charge is 0.0724 e. The molecule has 4 aliphatic rings. The predicted molar refractivity (Wildman–Crippen MR) is 88.3 cm³/mol. The SMILES string of the molecule is C[C@]12CC[C@H](O)C=C1CC[C@@H]1[C@@H]2CC[C@@]2(C)[C@H]1CC[C@@]2(C)O. The Morgan fingerprint density at radius 3 is 2.45 bits per heavy atom. The summed E-state index contributed by atoms with van der Waals surface area (Å²) in [6, 6.07) is 0. The van der Waals surface area contributed by atoms with Crippen molar-refractivity contribution < 1.29 is 10.2 Å². The molecule has 3 saturated carbocycles. The number of aliphatic hydroxyl groups excluding tert-OH is 1. The number of hydrogen-bond donors (Lipinski definition) is 2. The van der Waals surface area contributed by atoms with Crippen molar-refractivity contribution >= 4 is 0 Å². The highest BCUT2D eigenvalue weighted by molar-refractivity contribution is 5.26. The molecule has 22 heavy (non-hydrogen) atoms. The molecule has 0 unspecified atom stereocenters. The molecular formula is C20H32O2. The lowest BCUT2D eigenvalue weighted by Crippen LogP contribution is -2.54. The van der Waals surface area contributed by atoms with Crippen LogP contribution in [0.4, 0.5) is 0 Å². The quantitative estimate of drug-likeness (QED) is 0.663. The van der Waals surface area contributed by atoms with Crippen LogP contribution in [0.15, 0.2) is 11.6 Å². The minimum atomic E-state index is -0.470. The summed E-state index contributed by atoms with van der Waals surface area (Å²) in [5, 5.41) is 20.9. The van der Waals surface area contributed by atoms with Crippen LogP contribution < -0.4 is 0 Å². The minimum Gasteiger partial charge on any atom is -0.390 e. The summed E-state index contributed by atoms with van der Waals surface area (Å²) in [6.07, 6.45) is 11.1. The van der Waals surface area contributed by atoms with E-state index in [1.54, 1.807) is 5.57 Å². The molecule has 0 radical (unpaired) electrons. The molecule has 0 amide bonds. The van der Waals surface area contributed by atoms with Crippen LogP contribution in [-0.2, 0) is 0 Å². The van der Waals surface area contributed by atoms with E-state index in [4.69, 9.17) is 0 Å². The number of rotatable bonds is 0. The Labute approximate surface area is 135 Å². The average molecular weight is 304 g/mol. The van der Waals surface area contributed by atoms with Crippen molar-refractivity contribution in [1.82, 2.24) is 0 Å². The van der Waals surface area contributed by atoms with Crippen LogP contribution in [0, 0.1) is 28.6 Å². The first-order valence-corrected chi connectivity index (χ1v) is 9.40. The lowest BCUT2D eigenvalue weighted by molar-refractivity contribution is -0.118. The Morgan fingerprint density at radius 2 is 1.68 bits per heavy atom. The van der Waals surface area contributed by atoms with Crippen LogP contribution in [0.25, 0.3) is 0 Å². The average Bonchev–Trinajstić information content (AvgIpc) is 2.70. The van der Waals surface area contributed by atoms with E-state index in [9.17, 15) is 10.2 Å². The Hall–Kier alpha value is -0.340. The van der Waals surface area contributed by atoms with E-state index >= 15 is 0 Å². The molecule has 2 N–H and O–H groups in total. The summed E-state index contributed by atoms with van der Waals surface area (Å²) in [6.45, 7) is 6.91.